The Balaban J connectivity index is 2.13. The molecule has 2 rings (SSSR count). The van der Waals surface area contributed by atoms with Crippen LogP contribution >= 0.6 is 0 Å². The molecule has 1 aliphatic carbocycles. The van der Waals surface area contributed by atoms with Crippen molar-refractivity contribution in [1.82, 2.24) is 4.90 Å². The summed E-state index contributed by atoms with van der Waals surface area (Å²) in [4.78, 5) is 2.75. The zero-order valence-corrected chi connectivity index (χ0v) is 11.0. The molecule has 0 aromatic heterocycles. The van der Waals surface area contributed by atoms with Crippen LogP contribution in [0.2, 0.25) is 0 Å². The number of hydrogen-bond acceptors (Lipinski definition) is 2. The van der Waals surface area contributed by atoms with Crippen LogP contribution in [-0.2, 0) is 0 Å². The normalized spacial score (nSPS) is 41.4. The second-order valence-electron chi connectivity index (χ2n) is 6.00. The minimum Gasteiger partial charge on any atom is -0.329 e. The maximum absolute atomic E-state index is 6.17. The Morgan fingerprint density at radius 1 is 1.31 bits per heavy atom. The first-order chi connectivity index (χ1) is 7.73. The van der Waals surface area contributed by atoms with E-state index in [1.54, 1.807) is 0 Å². The van der Waals surface area contributed by atoms with Gasteiger partial charge in [0.25, 0.3) is 0 Å². The zero-order valence-electron chi connectivity index (χ0n) is 11.0. The molecule has 0 amide bonds. The van der Waals surface area contributed by atoms with Crippen molar-refractivity contribution in [1.29, 1.82) is 0 Å². The van der Waals surface area contributed by atoms with E-state index in [1.807, 2.05) is 0 Å². The molecule has 0 spiro atoms. The van der Waals surface area contributed by atoms with Crippen molar-refractivity contribution in [3.05, 3.63) is 0 Å². The van der Waals surface area contributed by atoms with Gasteiger partial charge in [0.1, 0.15) is 0 Å². The number of likely N-dealkylation sites (tertiary alicyclic amines) is 1. The lowest BCUT2D eigenvalue weighted by molar-refractivity contribution is 0.0217. The predicted molar refractivity (Wildman–Crippen MR) is 69.4 cm³/mol. The molecule has 2 heteroatoms. The third-order valence-corrected chi connectivity index (χ3v) is 5.06. The van der Waals surface area contributed by atoms with E-state index in [0.717, 1.165) is 18.4 Å². The van der Waals surface area contributed by atoms with Crippen LogP contribution in [0.4, 0.5) is 0 Å². The van der Waals surface area contributed by atoms with Crippen molar-refractivity contribution >= 4 is 0 Å². The van der Waals surface area contributed by atoms with E-state index in [9.17, 15) is 0 Å². The van der Waals surface area contributed by atoms with E-state index < -0.39 is 0 Å². The van der Waals surface area contributed by atoms with Crippen LogP contribution in [0.5, 0.6) is 0 Å². The molecule has 94 valence electrons. The largest absolute Gasteiger partial charge is 0.329 e. The number of piperidine rings is 1. The molecule has 1 aliphatic heterocycles. The summed E-state index contributed by atoms with van der Waals surface area (Å²) >= 11 is 0. The van der Waals surface area contributed by atoms with Gasteiger partial charge in [-0.1, -0.05) is 26.7 Å². The van der Waals surface area contributed by atoms with Gasteiger partial charge >= 0.3 is 0 Å². The van der Waals surface area contributed by atoms with E-state index in [2.05, 4.69) is 18.7 Å². The number of rotatable bonds is 3. The van der Waals surface area contributed by atoms with Gasteiger partial charge in [-0.15, -0.1) is 0 Å². The fourth-order valence-electron chi connectivity index (χ4n) is 4.12. The highest BCUT2D eigenvalue weighted by Crippen LogP contribution is 2.43. The fraction of sp³-hybridized carbons (Fsp3) is 1.00. The molecular weight excluding hydrogens is 196 g/mol. The van der Waals surface area contributed by atoms with Gasteiger partial charge in [0.15, 0.2) is 0 Å². The SMILES string of the molecule is CCC1CCCC1(CN)N1CCCC(C)C1. The molecule has 3 unspecified atom stereocenters. The van der Waals surface area contributed by atoms with Gasteiger partial charge in [-0.2, -0.15) is 0 Å². The summed E-state index contributed by atoms with van der Waals surface area (Å²) < 4.78 is 0. The summed E-state index contributed by atoms with van der Waals surface area (Å²) in [6.45, 7) is 8.18. The van der Waals surface area contributed by atoms with E-state index in [0.29, 0.717) is 5.54 Å². The van der Waals surface area contributed by atoms with E-state index >= 15 is 0 Å². The van der Waals surface area contributed by atoms with Crippen molar-refractivity contribution in [2.24, 2.45) is 17.6 Å². The Bertz CT molecular complexity index is 229. The Kier molecular flexibility index (Phi) is 3.91. The third-order valence-electron chi connectivity index (χ3n) is 5.06. The molecular formula is C14H28N2. The van der Waals surface area contributed by atoms with Crippen LogP contribution in [-0.4, -0.2) is 30.1 Å². The van der Waals surface area contributed by atoms with Gasteiger partial charge in [-0.25, -0.2) is 0 Å². The first-order valence-corrected chi connectivity index (χ1v) is 7.18. The van der Waals surface area contributed by atoms with Crippen LogP contribution in [0.3, 0.4) is 0 Å². The van der Waals surface area contributed by atoms with E-state index in [1.165, 1.54) is 51.6 Å². The highest BCUT2D eigenvalue weighted by Gasteiger charge is 2.45. The molecule has 0 aromatic rings. The van der Waals surface area contributed by atoms with Gasteiger partial charge in [-0.05, 0) is 44.1 Å². The molecule has 2 aliphatic rings. The molecule has 2 fully saturated rings. The number of hydrogen-bond donors (Lipinski definition) is 1. The maximum Gasteiger partial charge on any atom is 0.0359 e. The zero-order chi connectivity index (χ0) is 11.6. The Hall–Kier alpha value is -0.0800. The smallest absolute Gasteiger partial charge is 0.0359 e. The van der Waals surface area contributed by atoms with Gasteiger partial charge < -0.3 is 5.73 Å². The standard InChI is InChI=1S/C14H28N2/c1-3-13-7-4-8-14(13,11-15)16-9-5-6-12(2)10-16/h12-13H,3-11,15H2,1-2H3. The summed E-state index contributed by atoms with van der Waals surface area (Å²) in [5.74, 6) is 1.72. The minimum absolute atomic E-state index is 0.365. The second-order valence-corrected chi connectivity index (χ2v) is 6.00. The van der Waals surface area contributed by atoms with Crippen molar-refractivity contribution in [3.8, 4) is 0 Å². The van der Waals surface area contributed by atoms with Crippen molar-refractivity contribution in [2.75, 3.05) is 19.6 Å². The average Bonchev–Trinajstić information content (AvgIpc) is 2.73. The molecule has 1 heterocycles. The molecule has 2 nitrogen and oxygen atoms in total. The monoisotopic (exact) mass is 224 g/mol. The summed E-state index contributed by atoms with van der Waals surface area (Å²) in [5.41, 5.74) is 6.53. The molecule has 0 bridgehead atoms. The van der Waals surface area contributed by atoms with Gasteiger partial charge in [0.05, 0.1) is 0 Å². The molecule has 0 radical (unpaired) electrons. The maximum atomic E-state index is 6.17. The molecule has 2 N–H and O–H groups in total. The molecule has 1 saturated heterocycles. The van der Waals surface area contributed by atoms with E-state index in [-0.39, 0.29) is 0 Å². The lowest BCUT2D eigenvalue weighted by atomic mass is 9.81. The predicted octanol–water partition coefficient (Wildman–Crippen LogP) is 2.63. The lowest BCUT2D eigenvalue weighted by Crippen LogP contribution is -2.58. The number of nitrogens with zero attached hydrogens (tertiary/aromatic N) is 1. The molecule has 1 saturated carbocycles. The fourth-order valence-corrected chi connectivity index (χ4v) is 4.12. The van der Waals surface area contributed by atoms with Crippen LogP contribution in [0.25, 0.3) is 0 Å². The number of nitrogens with two attached hydrogens (primary N) is 1. The van der Waals surface area contributed by atoms with Crippen LogP contribution in [0, 0.1) is 11.8 Å². The highest BCUT2D eigenvalue weighted by atomic mass is 15.2. The Morgan fingerprint density at radius 3 is 2.75 bits per heavy atom. The quantitative estimate of drug-likeness (QED) is 0.798. The van der Waals surface area contributed by atoms with Gasteiger partial charge in [0, 0.05) is 18.6 Å². The topological polar surface area (TPSA) is 29.3 Å². The van der Waals surface area contributed by atoms with Crippen LogP contribution in [0.15, 0.2) is 0 Å². The summed E-state index contributed by atoms with van der Waals surface area (Å²) in [6, 6.07) is 0. The summed E-state index contributed by atoms with van der Waals surface area (Å²) in [7, 11) is 0. The minimum atomic E-state index is 0.365. The Labute approximate surface area is 101 Å². The highest BCUT2D eigenvalue weighted by molar-refractivity contribution is 5.02. The van der Waals surface area contributed by atoms with Gasteiger partial charge in [-0.3, -0.25) is 4.90 Å². The lowest BCUT2D eigenvalue weighted by Gasteiger charge is -2.48. The third kappa shape index (κ3) is 2.02. The molecule has 16 heavy (non-hydrogen) atoms. The first-order valence-electron chi connectivity index (χ1n) is 7.18. The van der Waals surface area contributed by atoms with E-state index in [4.69, 9.17) is 5.73 Å². The molecule has 3 atom stereocenters. The van der Waals surface area contributed by atoms with Crippen LogP contribution in [0.1, 0.15) is 52.4 Å². The van der Waals surface area contributed by atoms with Gasteiger partial charge in [0.2, 0.25) is 0 Å². The van der Waals surface area contributed by atoms with Crippen molar-refractivity contribution in [2.45, 2.75) is 57.9 Å². The Morgan fingerprint density at radius 2 is 2.12 bits per heavy atom. The van der Waals surface area contributed by atoms with Crippen molar-refractivity contribution in [3.63, 3.8) is 0 Å². The average molecular weight is 224 g/mol. The first kappa shape index (κ1) is 12.4. The van der Waals surface area contributed by atoms with Crippen molar-refractivity contribution < 1.29 is 0 Å². The summed E-state index contributed by atoms with van der Waals surface area (Å²) in [5, 5.41) is 0. The van der Waals surface area contributed by atoms with Crippen LogP contribution < -0.4 is 5.73 Å². The second kappa shape index (κ2) is 5.05. The summed E-state index contributed by atoms with van der Waals surface area (Å²) in [6.07, 6.45) is 8.23. The molecule has 0 aromatic carbocycles.